The number of H-pyrrole nitrogens is 1. The normalized spacial score (nSPS) is 11.0. The maximum absolute atomic E-state index is 12.3. The molecule has 114 valence electrons. The number of hydrogen-bond acceptors (Lipinski definition) is 4. The molecule has 0 fully saturated rings. The van der Waals surface area contributed by atoms with Crippen molar-refractivity contribution in [1.29, 1.82) is 0 Å². The molecular weight excluding hydrogens is 288 g/mol. The van der Waals surface area contributed by atoms with Crippen LogP contribution in [0.2, 0.25) is 0 Å². The van der Waals surface area contributed by atoms with Gasteiger partial charge in [-0.15, -0.1) is 5.10 Å². The molecule has 0 amide bonds. The van der Waals surface area contributed by atoms with E-state index in [1.165, 1.54) is 11.8 Å². The number of thioether (sulfide) groups is 1. The molecule has 2 aromatic heterocycles. The van der Waals surface area contributed by atoms with Crippen LogP contribution < -0.4 is 5.69 Å². The Labute approximate surface area is 127 Å². The minimum atomic E-state index is -0.224. The van der Waals surface area contributed by atoms with E-state index in [-0.39, 0.29) is 17.2 Å². The Bertz CT molecular complexity index is 711. The fourth-order valence-electron chi connectivity index (χ4n) is 2.18. The van der Waals surface area contributed by atoms with Crippen molar-refractivity contribution in [2.24, 2.45) is 7.05 Å². The molecule has 2 aromatic rings. The molecule has 7 heteroatoms. The summed E-state index contributed by atoms with van der Waals surface area (Å²) in [5.74, 6) is 0.331. The van der Waals surface area contributed by atoms with Gasteiger partial charge in [0, 0.05) is 30.5 Å². The summed E-state index contributed by atoms with van der Waals surface area (Å²) in [6, 6.07) is 1.90. The van der Waals surface area contributed by atoms with Crippen LogP contribution >= 0.6 is 11.8 Å². The standard InChI is InChI=1S/C14H20N4O2S/c1-5-6-18-13(20)15-16-14(18)21-8-12(19)11-7-9(2)17(4)10(11)3/h7H,5-6,8H2,1-4H3,(H,15,20). The molecule has 0 aliphatic rings. The smallest absolute Gasteiger partial charge is 0.343 e. The molecule has 2 heterocycles. The molecule has 0 aromatic carbocycles. The summed E-state index contributed by atoms with van der Waals surface area (Å²) in [7, 11) is 1.95. The number of aryl methyl sites for hydroxylation is 1. The molecule has 0 atom stereocenters. The summed E-state index contributed by atoms with van der Waals surface area (Å²) in [6.07, 6.45) is 0.845. The Balaban J connectivity index is 2.11. The van der Waals surface area contributed by atoms with Crippen molar-refractivity contribution in [3.63, 3.8) is 0 Å². The van der Waals surface area contributed by atoms with Gasteiger partial charge in [-0.25, -0.2) is 9.89 Å². The highest BCUT2D eigenvalue weighted by Crippen LogP contribution is 2.19. The zero-order valence-electron chi connectivity index (χ0n) is 12.8. The quantitative estimate of drug-likeness (QED) is 0.653. The molecule has 0 aliphatic heterocycles. The van der Waals surface area contributed by atoms with Gasteiger partial charge in [0.15, 0.2) is 10.9 Å². The van der Waals surface area contributed by atoms with Crippen LogP contribution in [0.3, 0.4) is 0 Å². The van der Waals surface area contributed by atoms with Gasteiger partial charge in [0.2, 0.25) is 0 Å². The van der Waals surface area contributed by atoms with Gasteiger partial charge in [-0.05, 0) is 26.3 Å². The third kappa shape index (κ3) is 3.12. The van der Waals surface area contributed by atoms with Crippen molar-refractivity contribution in [3.8, 4) is 0 Å². The Morgan fingerprint density at radius 2 is 2.14 bits per heavy atom. The summed E-state index contributed by atoms with van der Waals surface area (Å²) in [5, 5.41) is 6.98. The van der Waals surface area contributed by atoms with Crippen molar-refractivity contribution < 1.29 is 4.79 Å². The van der Waals surface area contributed by atoms with Crippen LogP contribution in [0.25, 0.3) is 0 Å². The van der Waals surface area contributed by atoms with E-state index in [0.717, 1.165) is 23.4 Å². The molecular formula is C14H20N4O2S. The molecule has 0 aliphatic carbocycles. The lowest BCUT2D eigenvalue weighted by molar-refractivity contribution is 0.102. The van der Waals surface area contributed by atoms with Crippen molar-refractivity contribution in [2.45, 2.75) is 38.9 Å². The van der Waals surface area contributed by atoms with Gasteiger partial charge in [0.1, 0.15) is 0 Å². The molecule has 0 unspecified atom stereocenters. The van der Waals surface area contributed by atoms with Gasteiger partial charge in [-0.1, -0.05) is 18.7 Å². The van der Waals surface area contributed by atoms with Crippen molar-refractivity contribution in [3.05, 3.63) is 33.5 Å². The first-order valence-corrected chi connectivity index (χ1v) is 7.88. The number of hydrogen-bond donors (Lipinski definition) is 1. The van der Waals surface area contributed by atoms with E-state index in [0.29, 0.717) is 11.7 Å². The number of ketones is 1. The predicted molar refractivity (Wildman–Crippen MR) is 83.1 cm³/mol. The Hall–Kier alpha value is -1.76. The molecule has 0 saturated carbocycles. The Morgan fingerprint density at radius 1 is 1.43 bits per heavy atom. The molecule has 0 spiro atoms. The minimum Gasteiger partial charge on any atom is -0.351 e. The lowest BCUT2D eigenvalue weighted by atomic mass is 10.2. The highest BCUT2D eigenvalue weighted by molar-refractivity contribution is 7.99. The number of nitrogens with one attached hydrogen (secondary N) is 1. The van der Waals surface area contributed by atoms with E-state index in [2.05, 4.69) is 10.2 Å². The van der Waals surface area contributed by atoms with Crippen LogP contribution in [0.1, 0.15) is 35.1 Å². The van der Waals surface area contributed by atoms with E-state index >= 15 is 0 Å². The van der Waals surface area contributed by atoms with Gasteiger partial charge >= 0.3 is 5.69 Å². The van der Waals surface area contributed by atoms with Crippen LogP contribution in [0.4, 0.5) is 0 Å². The zero-order valence-corrected chi connectivity index (χ0v) is 13.6. The van der Waals surface area contributed by atoms with E-state index < -0.39 is 0 Å². The summed E-state index contributed by atoms with van der Waals surface area (Å²) in [4.78, 5) is 23.9. The van der Waals surface area contributed by atoms with E-state index in [1.807, 2.05) is 38.5 Å². The first kappa shape index (κ1) is 15.6. The van der Waals surface area contributed by atoms with Crippen molar-refractivity contribution >= 4 is 17.5 Å². The summed E-state index contributed by atoms with van der Waals surface area (Å²) in [6.45, 7) is 6.51. The van der Waals surface area contributed by atoms with Gasteiger partial charge in [-0.3, -0.25) is 9.36 Å². The van der Waals surface area contributed by atoms with Crippen LogP contribution in [-0.4, -0.2) is 30.9 Å². The molecule has 0 saturated heterocycles. The van der Waals surface area contributed by atoms with Gasteiger partial charge in [-0.2, -0.15) is 0 Å². The number of Topliss-reactive ketones (excluding diaryl/α,β-unsaturated/α-hetero) is 1. The molecule has 2 rings (SSSR count). The Kier molecular flexibility index (Phi) is 4.72. The molecule has 6 nitrogen and oxygen atoms in total. The fraction of sp³-hybridized carbons (Fsp3) is 0.500. The van der Waals surface area contributed by atoms with E-state index in [1.54, 1.807) is 4.57 Å². The van der Waals surface area contributed by atoms with E-state index in [4.69, 9.17) is 0 Å². The molecule has 1 N–H and O–H groups in total. The minimum absolute atomic E-state index is 0.0553. The van der Waals surface area contributed by atoms with Crippen molar-refractivity contribution in [1.82, 2.24) is 19.3 Å². The summed E-state index contributed by atoms with van der Waals surface area (Å²) in [5.41, 5.74) is 2.54. The number of aromatic nitrogens is 4. The summed E-state index contributed by atoms with van der Waals surface area (Å²) < 4.78 is 3.57. The average Bonchev–Trinajstić information content (AvgIpc) is 2.93. The maximum atomic E-state index is 12.3. The van der Waals surface area contributed by atoms with Gasteiger partial charge < -0.3 is 4.57 Å². The predicted octanol–water partition coefficient (Wildman–Crippen LogP) is 1.91. The van der Waals surface area contributed by atoms with Crippen LogP contribution in [0.15, 0.2) is 16.0 Å². The second-order valence-corrected chi connectivity index (χ2v) is 5.96. The molecule has 0 radical (unpaired) electrons. The van der Waals surface area contributed by atoms with Gasteiger partial charge in [0.25, 0.3) is 0 Å². The highest BCUT2D eigenvalue weighted by atomic mass is 32.2. The second-order valence-electron chi connectivity index (χ2n) is 5.02. The fourth-order valence-corrected chi connectivity index (χ4v) is 3.04. The third-order valence-electron chi connectivity index (χ3n) is 3.58. The topological polar surface area (TPSA) is 72.7 Å². The number of carbonyl (C=O) groups is 1. The number of carbonyl (C=O) groups excluding carboxylic acids is 1. The monoisotopic (exact) mass is 308 g/mol. The first-order chi connectivity index (χ1) is 9.95. The average molecular weight is 308 g/mol. The third-order valence-corrected chi connectivity index (χ3v) is 4.55. The Morgan fingerprint density at radius 3 is 2.71 bits per heavy atom. The maximum Gasteiger partial charge on any atom is 0.343 e. The zero-order chi connectivity index (χ0) is 15.6. The van der Waals surface area contributed by atoms with Crippen LogP contribution in [0, 0.1) is 13.8 Å². The number of nitrogens with zero attached hydrogens (tertiary/aromatic N) is 3. The van der Waals surface area contributed by atoms with Crippen molar-refractivity contribution in [2.75, 3.05) is 5.75 Å². The largest absolute Gasteiger partial charge is 0.351 e. The van der Waals surface area contributed by atoms with Gasteiger partial charge in [0.05, 0.1) is 5.75 Å². The van der Waals surface area contributed by atoms with Crippen LogP contribution in [0.5, 0.6) is 0 Å². The first-order valence-electron chi connectivity index (χ1n) is 6.89. The van der Waals surface area contributed by atoms with E-state index in [9.17, 15) is 9.59 Å². The molecule has 0 bridgehead atoms. The lowest BCUT2D eigenvalue weighted by Gasteiger charge is -2.04. The summed E-state index contributed by atoms with van der Waals surface area (Å²) >= 11 is 1.30. The number of aromatic amines is 1. The van der Waals surface area contributed by atoms with Crippen LogP contribution in [-0.2, 0) is 13.6 Å². The number of rotatable bonds is 6. The highest BCUT2D eigenvalue weighted by Gasteiger charge is 2.16. The SMILES string of the molecule is CCCn1c(SCC(=O)c2cc(C)n(C)c2C)n[nH]c1=O. The second kappa shape index (κ2) is 6.34. The molecule has 21 heavy (non-hydrogen) atoms. The lowest BCUT2D eigenvalue weighted by Crippen LogP contribution is -2.17.